The van der Waals surface area contributed by atoms with Crippen LogP contribution in [0.15, 0.2) is 36.4 Å². The molecule has 1 amide bonds. The lowest BCUT2D eigenvalue weighted by atomic mass is 9.98. The summed E-state index contributed by atoms with van der Waals surface area (Å²) in [5.41, 5.74) is 2.52. The molecule has 1 aromatic heterocycles. The Labute approximate surface area is 170 Å². The van der Waals surface area contributed by atoms with Gasteiger partial charge in [0.1, 0.15) is 5.54 Å². The number of nitriles is 1. The van der Waals surface area contributed by atoms with Gasteiger partial charge < -0.3 is 10.1 Å². The largest absolute Gasteiger partial charge is 0.452 e. The number of hydrogen-bond donors (Lipinski definition) is 1. The first kappa shape index (κ1) is 20.3. The number of para-hydroxylation sites is 1. The van der Waals surface area contributed by atoms with Gasteiger partial charge in [0.2, 0.25) is 0 Å². The van der Waals surface area contributed by atoms with E-state index in [9.17, 15) is 14.9 Å². The Morgan fingerprint density at radius 3 is 2.66 bits per heavy atom. The standard InChI is InChI=1S/C22H24N4O3/c1-15-19(16(2)26(25-15)18-7-5-4-6-8-18)11-12-21(28)29-13-20(27)24-22(3,14-23)17-9-10-17/h4-8,11-12,17H,9-10,13H2,1-3H3,(H,24,27)/b12-11+/t22-/m0/s1. The van der Waals surface area contributed by atoms with Gasteiger partial charge >= 0.3 is 5.97 Å². The number of benzene rings is 1. The van der Waals surface area contributed by atoms with Gasteiger partial charge in [-0.05, 0) is 57.7 Å². The number of nitrogens with one attached hydrogen (secondary N) is 1. The zero-order chi connectivity index (χ0) is 21.0. The van der Waals surface area contributed by atoms with Crippen LogP contribution in [-0.4, -0.2) is 33.8 Å². The van der Waals surface area contributed by atoms with Crippen LogP contribution in [0.2, 0.25) is 0 Å². The third kappa shape index (κ3) is 4.72. The van der Waals surface area contributed by atoms with Gasteiger partial charge in [0.05, 0.1) is 17.5 Å². The first-order chi connectivity index (χ1) is 13.8. The van der Waals surface area contributed by atoms with Gasteiger partial charge in [0.25, 0.3) is 5.91 Å². The number of aryl methyl sites for hydroxylation is 1. The Kier molecular flexibility index (Phi) is 5.83. The molecule has 0 spiro atoms. The number of nitrogens with zero attached hydrogens (tertiary/aromatic N) is 3. The second-order valence-corrected chi connectivity index (χ2v) is 7.41. The summed E-state index contributed by atoms with van der Waals surface area (Å²) in [7, 11) is 0. The third-order valence-electron chi connectivity index (χ3n) is 5.10. The van der Waals surface area contributed by atoms with Crippen molar-refractivity contribution in [3.63, 3.8) is 0 Å². The van der Waals surface area contributed by atoms with Crippen molar-refractivity contribution in [1.82, 2.24) is 15.1 Å². The van der Waals surface area contributed by atoms with E-state index in [1.165, 1.54) is 6.08 Å². The van der Waals surface area contributed by atoms with Crippen molar-refractivity contribution >= 4 is 18.0 Å². The maximum atomic E-state index is 12.0. The highest BCUT2D eigenvalue weighted by atomic mass is 16.5. The summed E-state index contributed by atoms with van der Waals surface area (Å²) in [4.78, 5) is 24.0. The van der Waals surface area contributed by atoms with Crippen molar-refractivity contribution in [2.75, 3.05) is 6.61 Å². The molecule has 1 heterocycles. The molecule has 0 unspecified atom stereocenters. The molecule has 3 rings (SSSR count). The van der Waals surface area contributed by atoms with Crippen LogP contribution < -0.4 is 5.32 Å². The monoisotopic (exact) mass is 392 g/mol. The number of carbonyl (C=O) groups is 2. The van der Waals surface area contributed by atoms with Crippen molar-refractivity contribution < 1.29 is 14.3 Å². The zero-order valence-electron chi connectivity index (χ0n) is 16.8. The Balaban J connectivity index is 1.59. The van der Waals surface area contributed by atoms with Crippen LogP contribution in [0, 0.1) is 31.1 Å². The topological polar surface area (TPSA) is 97.0 Å². The second kappa shape index (κ2) is 8.31. The van der Waals surface area contributed by atoms with Crippen molar-refractivity contribution in [3.05, 3.63) is 53.4 Å². The molecule has 0 aliphatic heterocycles. The molecule has 7 nitrogen and oxygen atoms in total. The fraction of sp³-hybridized carbons (Fsp3) is 0.364. The van der Waals surface area contributed by atoms with Gasteiger partial charge in [-0.25, -0.2) is 9.48 Å². The average Bonchev–Trinajstić information content (AvgIpc) is 3.53. The van der Waals surface area contributed by atoms with Crippen LogP contribution in [0.3, 0.4) is 0 Å². The lowest BCUT2D eigenvalue weighted by molar-refractivity contribution is -0.144. The molecule has 2 aromatic rings. The quantitative estimate of drug-likeness (QED) is 0.577. The van der Waals surface area contributed by atoms with Crippen LogP contribution in [-0.2, 0) is 14.3 Å². The molecule has 1 saturated carbocycles. The van der Waals surface area contributed by atoms with E-state index in [0.29, 0.717) is 0 Å². The van der Waals surface area contributed by atoms with E-state index in [0.717, 1.165) is 35.5 Å². The molecular formula is C22H24N4O3. The van der Waals surface area contributed by atoms with E-state index in [1.807, 2.05) is 48.9 Å². The summed E-state index contributed by atoms with van der Waals surface area (Å²) in [6.07, 6.45) is 4.76. The van der Waals surface area contributed by atoms with E-state index < -0.39 is 24.0 Å². The van der Waals surface area contributed by atoms with Gasteiger partial charge in [0.15, 0.2) is 6.61 Å². The zero-order valence-corrected chi connectivity index (χ0v) is 16.8. The smallest absolute Gasteiger partial charge is 0.331 e. The number of aromatic nitrogens is 2. The highest BCUT2D eigenvalue weighted by Gasteiger charge is 2.43. The van der Waals surface area contributed by atoms with Crippen molar-refractivity contribution in [2.24, 2.45) is 5.92 Å². The van der Waals surface area contributed by atoms with Crippen LogP contribution in [0.1, 0.15) is 36.7 Å². The summed E-state index contributed by atoms with van der Waals surface area (Å²) in [5.74, 6) is -0.942. The number of esters is 1. The molecule has 150 valence electrons. The van der Waals surface area contributed by atoms with Gasteiger partial charge in [-0.15, -0.1) is 0 Å². The van der Waals surface area contributed by atoms with E-state index in [4.69, 9.17) is 4.74 Å². The minimum Gasteiger partial charge on any atom is -0.452 e. The first-order valence-corrected chi connectivity index (χ1v) is 9.53. The molecule has 1 aliphatic rings. The molecule has 1 atom stereocenters. The Morgan fingerprint density at radius 2 is 2.03 bits per heavy atom. The maximum Gasteiger partial charge on any atom is 0.331 e. The first-order valence-electron chi connectivity index (χ1n) is 9.53. The van der Waals surface area contributed by atoms with Crippen molar-refractivity contribution in [3.8, 4) is 11.8 Å². The van der Waals surface area contributed by atoms with Crippen molar-refractivity contribution in [2.45, 2.75) is 39.2 Å². The third-order valence-corrected chi connectivity index (χ3v) is 5.10. The molecule has 0 radical (unpaired) electrons. The fourth-order valence-corrected chi connectivity index (χ4v) is 3.26. The Hall–Kier alpha value is -3.40. The predicted octanol–water partition coefficient (Wildman–Crippen LogP) is 2.85. The van der Waals surface area contributed by atoms with Crippen LogP contribution in [0.4, 0.5) is 0 Å². The lowest BCUT2D eigenvalue weighted by Crippen LogP contribution is -2.48. The van der Waals surface area contributed by atoms with Crippen LogP contribution in [0.25, 0.3) is 11.8 Å². The van der Waals surface area contributed by atoms with Gasteiger partial charge in [-0.3, -0.25) is 4.79 Å². The minimum atomic E-state index is -0.903. The number of carbonyl (C=O) groups excluding carboxylic acids is 2. The van der Waals surface area contributed by atoms with Crippen LogP contribution >= 0.6 is 0 Å². The number of amides is 1. The number of hydrogen-bond acceptors (Lipinski definition) is 5. The summed E-state index contributed by atoms with van der Waals surface area (Å²) in [6.45, 7) is 5.06. The molecular weight excluding hydrogens is 368 g/mol. The summed E-state index contributed by atoms with van der Waals surface area (Å²) < 4.78 is 6.83. The van der Waals surface area contributed by atoms with Crippen molar-refractivity contribution in [1.29, 1.82) is 5.26 Å². The summed E-state index contributed by atoms with van der Waals surface area (Å²) in [5, 5.41) is 16.5. The highest BCUT2D eigenvalue weighted by molar-refractivity contribution is 5.89. The molecule has 1 aromatic carbocycles. The predicted molar refractivity (Wildman–Crippen MR) is 108 cm³/mol. The molecule has 7 heteroatoms. The molecule has 0 saturated heterocycles. The van der Waals surface area contributed by atoms with E-state index in [-0.39, 0.29) is 5.92 Å². The summed E-state index contributed by atoms with van der Waals surface area (Å²) >= 11 is 0. The molecule has 1 fully saturated rings. The van der Waals surface area contributed by atoms with E-state index in [1.54, 1.807) is 13.0 Å². The van der Waals surface area contributed by atoms with Crippen LogP contribution in [0.5, 0.6) is 0 Å². The summed E-state index contributed by atoms with van der Waals surface area (Å²) in [6, 6.07) is 11.9. The number of rotatable bonds is 7. The van der Waals surface area contributed by atoms with Gasteiger partial charge in [-0.2, -0.15) is 10.4 Å². The molecule has 1 N–H and O–H groups in total. The molecule has 29 heavy (non-hydrogen) atoms. The van der Waals surface area contributed by atoms with Gasteiger partial charge in [0, 0.05) is 17.3 Å². The molecule has 1 aliphatic carbocycles. The minimum absolute atomic E-state index is 0.166. The van der Waals surface area contributed by atoms with Gasteiger partial charge in [-0.1, -0.05) is 18.2 Å². The second-order valence-electron chi connectivity index (χ2n) is 7.41. The Bertz CT molecular complexity index is 983. The lowest BCUT2D eigenvalue weighted by Gasteiger charge is -2.22. The maximum absolute atomic E-state index is 12.0. The highest BCUT2D eigenvalue weighted by Crippen LogP contribution is 2.39. The molecule has 0 bridgehead atoms. The fourth-order valence-electron chi connectivity index (χ4n) is 3.26. The van der Waals surface area contributed by atoms with E-state index >= 15 is 0 Å². The Morgan fingerprint density at radius 1 is 1.34 bits per heavy atom. The van der Waals surface area contributed by atoms with E-state index in [2.05, 4.69) is 16.5 Å². The average molecular weight is 392 g/mol. The number of ether oxygens (including phenoxy) is 1. The normalized spacial score (nSPS) is 15.5. The SMILES string of the molecule is Cc1nn(-c2ccccc2)c(C)c1/C=C/C(=O)OCC(=O)N[C@@](C)(C#N)C1CC1.